The molecule has 27 heavy (non-hydrogen) atoms. The van der Waals surface area contributed by atoms with Crippen LogP contribution in [0.4, 0.5) is 0 Å². The number of ether oxygens (including phenoxy) is 3. The molecule has 1 aliphatic heterocycles. The summed E-state index contributed by atoms with van der Waals surface area (Å²) in [6, 6.07) is 12.0. The van der Waals surface area contributed by atoms with E-state index >= 15 is 0 Å². The lowest BCUT2D eigenvalue weighted by atomic mass is 9.88. The molecule has 0 spiro atoms. The van der Waals surface area contributed by atoms with Crippen LogP contribution in [0.5, 0.6) is 17.2 Å². The van der Waals surface area contributed by atoms with Gasteiger partial charge in [-0.15, -0.1) is 0 Å². The van der Waals surface area contributed by atoms with Crippen molar-refractivity contribution in [3.8, 4) is 17.2 Å². The molecule has 142 valence electrons. The second kappa shape index (κ2) is 7.57. The number of para-hydroxylation sites is 1. The highest BCUT2D eigenvalue weighted by atomic mass is 16.6. The van der Waals surface area contributed by atoms with Crippen molar-refractivity contribution in [2.45, 2.75) is 18.9 Å². The molecular formula is C20H21NO6. The molecule has 1 heterocycles. The highest BCUT2D eigenvalue weighted by Crippen LogP contribution is 2.35. The van der Waals surface area contributed by atoms with E-state index in [1.54, 1.807) is 49.4 Å². The van der Waals surface area contributed by atoms with Gasteiger partial charge in [-0.05, 0) is 36.8 Å². The second-order valence-corrected chi connectivity index (χ2v) is 6.42. The average molecular weight is 371 g/mol. The number of aliphatic carboxylic acids is 1. The molecule has 3 rings (SSSR count). The van der Waals surface area contributed by atoms with Crippen LogP contribution in [0.25, 0.3) is 0 Å². The number of carbonyl (C=O) groups is 2. The standard InChI is InChI=1S/C20H21NO6/c1-20(12-17(22)23,13-5-3-6-14(11-13)25-2)21-19(24)15-7-4-8-16-18(15)27-10-9-26-16/h3-8,11H,9-10,12H2,1-2H3,(H,21,24)(H,22,23). The molecule has 7 heteroatoms. The number of fused-ring (bicyclic) bond motifs is 1. The highest BCUT2D eigenvalue weighted by Gasteiger charge is 2.33. The van der Waals surface area contributed by atoms with Gasteiger partial charge < -0.3 is 24.6 Å². The molecule has 0 radical (unpaired) electrons. The predicted octanol–water partition coefficient (Wildman–Crippen LogP) is 2.59. The van der Waals surface area contributed by atoms with Gasteiger partial charge in [0.05, 0.1) is 24.6 Å². The van der Waals surface area contributed by atoms with Gasteiger partial charge in [0.2, 0.25) is 0 Å². The van der Waals surface area contributed by atoms with Crippen LogP contribution in [0.15, 0.2) is 42.5 Å². The van der Waals surface area contributed by atoms with E-state index in [1.165, 1.54) is 7.11 Å². The first-order valence-corrected chi connectivity index (χ1v) is 8.50. The molecule has 1 amide bonds. The van der Waals surface area contributed by atoms with Gasteiger partial charge in [-0.3, -0.25) is 9.59 Å². The largest absolute Gasteiger partial charge is 0.497 e. The van der Waals surface area contributed by atoms with Crippen LogP contribution in [0.2, 0.25) is 0 Å². The van der Waals surface area contributed by atoms with Gasteiger partial charge >= 0.3 is 5.97 Å². The lowest BCUT2D eigenvalue weighted by Crippen LogP contribution is -2.45. The molecule has 1 atom stereocenters. The van der Waals surface area contributed by atoms with Crippen LogP contribution in [0.1, 0.15) is 29.3 Å². The van der Waals surface area contributed by atoms with Crippen molar-refractivity contribution in [3.05, 3.63) is 53.6 Å². The molecule has 0 fully saturated rings. The number of nitrogens with one attached hydrogen (secondary N) is 1. The quantitative estimate of drug-likeness (QED) is 0.811. The third kappa shape index (κ3) is 3.97. The van der Waals surface area contributed by atoms with E-state index < -0.39 is 17.4 Å². The Labute approximate surface area is 156 Å². The zero-order chi connectivity index (χ0) is 19.4. The van der Waals surface area contributed by atoms with Gasteiger partial charge in [0, 0.05) is 0 Å². The van der Waals surface area contributed by atoms with Gasteiger partial charge in [-0.25, -0.2) is 0 Å². The lowest BCUT2D eigenvalue weighted by Gasteiger charge is -2.31. The van der Waals surface area contributed by atoms with E-state index in [0.29, 0.717) is 41.6 Å². The van der Waals surface area contributed by atoms with Crippen molar-refractivity contribution in [2.24, 2.45) is 0 Å². The first-order chi connectivity index (χ1) is 12.9. The minimum absolute atomic E-state index is 0.293. The van der Waals surface area contributed by atoms with Crippen molar-refractivity contribution in [3.63, 3.8) is 0 Å². The number of methoxy groups -OCH3 is 1. The number of amides is 1. The number of carbonyl (C=O) groups excluding carboxylic acids is 1. The summed E-state index contributed by atoms with van der Waals surface area (Å²) >= 11 is 0. The molecular weight excluding hydrogens is 350 g/mol. The Hall–Kier alpha value is -3.22. The highest BCUT2D eigenvalue weighted by molar-refractivity contribution is 5.98. The molecule has 0 saturated carbocycles. The van der Waals surface area contributed by atoms with Gasteiger partial charge in [-0.2, -0.15) is 0 Å². The van der Waals surface area contributed by atoms with Crippen LogP contribution in [-0.2, 0) is 10.3 Å². The third-order valence-corrected chi connectivity index (χ3v) is 4.41. The topological polar surface area (TPSA) is 94.1 Å². The van der Waals surface area contributed by atoms with Gasteiger partial charge in [0.15, 0.2) is 11.5 Å². The summed E-state index contributed by atoms with van der Waals surface area (Å²) in [5, 5.41) is 12.2. The minimum Gasteiger partial charge on any atom is -0.497 e. The summed E-state index contributed by atoms with van der Waals surface area (Å²) in [7, 11) is 1.53. The van der Waals surface area contributed by atoms with Crippen LogP contribution in [-0.4, -0.2) is 37.3 Å². The fraction of sp³-hybridized carbons (Fsp3) is 0.300. The Balaban J connectivity index is 1.95. The van der Waals surface area contributed by atoms with Gasteiger partial charge in [-0.1, -0.05) is 18.2 Å². The predicted molar refractivity (Wildman–Crippen MR) is 97.5 cm³/mol. The average Bonchev–Trinajstić information content (AvgIpc) is 2.66. The van der Waals surface area contributed by atoms with E-state index in [0.717, 1.165) is 0 Å². The SMILES string of the molecule is COc1cccc(C(C)(CC(=O)O)NC(=O)c2cccc3c2OCCO3)c1. The Kier molecular flexibility index (Phi) is 5.21. The molecule has 0 aliphatic carbocycles. The van der Waals surface area contributed by atoms with Gasteiger partial charge in [0.25, 0.3) is 5.91 Å². The number of carboxylic acids is 1. The number of hydrogen-bond donors (Lipinski definition) is 2. The fourth-order valence-electron chi connectivity index (χ4n) is 3.06. The maximum Gasteiger partial charge on any atom is 0.306 e. The molecule has 1 aliphatic rings. The summed E-state index contributed by atoms with van der Waals surface area (Å²) in [6.45, 7) is 2.43. The van der Waals surface area contributed by atoms with Crippen molar-refractivity contribution in [1.82, 2.24) is 5.32 Å². The van der Waals surface area contributed by atoms with E-state index in [-0.39, 0.29) is 6.42 Å². The van der Waals surface area contributed by atoms with E-state index in [9.17, 15) is 14.7 Å². The fourth-order valence-corrected chi connectivity index (χ4v) is 3.06. The summed E-state index contributed by atoms with van der Waals surface area (Å²) in [4.78, 5) is 24.4. The van der Waals surface area contributed by atoms with E-state index in [1.807, 2.05) is 0 Å². The molecule has 0 aromatic heterocycles. The van der Waals surface area contributed by atoms with Crippen LogP contribution < -0.4 is 19.5 Å². The third-order valence-electron chi connectivity index (χ3n) is 4.41. The molecule has 1 unspecified atom stereocenters. The second-order valence-electron chi connectivity index (χ2n) is 6.42. The summed E-state index contributed by atoms with van der Waals surface area (Å²) in [5.74, 6) is -0.0359. The monoisotopic (exact) mass is 371 g/mol. The lowest BCUT2D eigenvalue weighted by molar-refractivity contribution is -0.138. The Morgan fingerprint density at radius 3 is 2.67 bits per heavy atom. The first kappa shape index (κ1) is 18.6. The molecule has 7 nitrogen and oxygen atoms in total. The smallest absolute Gasteiger partial charge is 0.306 e. The maximum absolute atomic E-state index is 13.0. The van der Waals surface area contributed by atoms with Crippen LogP contribution in [0, 0.1) is 0 Å². The van der Waals surface area contributed by atoms with Gasteiger partial charge in [0.1, 0.15) is 19.0 Å². The Morgan fingerprint density at radius 2 is 1.93 bits per heavy atom. The van der Waals surface area contributed by atoms with Crippen molar-refractivity contribution in [1.29, 1.82) is 0 Å². The Bertz CT molecular complexity index is 865. The van der Waals surface area contributed by atoms with E-state index in [4.69, 9.17) is 14.2 Å². The first-order valence-electron chi connectivity index (χ1n) is 8.50. The molecule has 2 aromatic carbocycles. The summed E-state index contributed by atoms with van der Waals surface area (Å²) in [6.07, 6.45) is -0.293. The summed E-state index contributed by atoms with van der Waals surface area (Å²) in [5.41, 5.74) is -0.221. The molecule has 2 N–H and O–H groups in total. The zero-order valence-corrected chi connectivity index (χ0v) is 15.2. The molecule has 2 aromatic rings. The van der Waals surface area contributed by atoms with Crippen LogP contribution in [0.3, 0.4) is 0 Å². The van der Waals surface area contributed by atoms with Crippen molar-refractivity contribution >= 4 is 11.9 Å². The van der Waals surface area contributed by atoms with Crippen molar-refractivity contribution < 1.29 is 28.9 Å². The minimum atomic E-state index is -1.14. The normalized spacial score (nSPS) is 14.7. The zero-order valence-electron chi connectivity index (χ0n) is 15.2. The molecule has 0 bridgehead atoms. The van der Waals surface area contributed by atoms with Crippen LogP contribution >= 0.6 is 0 Å². The van der Waals surface area contributed by atoms with E-state index in [2.05, 4.69) is 5.32 Å². The number of benzene rings is 2. The number of carboxylic acid groups (broad SMARTS) is 1. The number of hydrogen-bond acceptors (Lipinski definition) is 5. The maximum atomic E-state index is 13.0. The number of rotatable bonds is 6. The summed E-state index contributed by atoms with van der Waals surface area (Å²) < 4.78 is 16.3. The van der Waals surface area contributed by atoms with Crippen molar-refractivity contribution in [2.75, 3.05) is 20.3 Å². The molecule has 0 saturated heterocycles. The Morgan fingerprint density at radius 1 is 1.19 bits per heavy atom.